The fourth-order valence-electron chi connectivity index (χ4n) is 1.45. The second kappa shape index (κ2) is 11.8. The molecule has 0 aliphatic carbocycles. The summed E-state index contributed by atoms with van der Waals surface area (Å²) in [6.45, 7) is 2.28. The number of hydrogen-bond donors (Lipinski definition) is 0. The van der Waals surface area contributed by atoms with Crippen molar-refractivity contribution in [1.82, 2.24) is 0 Å². The van der Waals surface area contributed by atoms with Crippen molar-refractivity contribution in [2.24, 2.45) is 0 Å². The number of unbranched alkanes of at least 4 members (excludes halogenated alkanes) is 8. The molecule has 0 N–H and O–H groups in total. The Morgan fingerprint density at radius 3 is 1.50 bits per heavy atom. The van der Waals surface area contributed by atoms with Gasteiger partial charge in [0.1, 0.15) is 0 Å². The van der Waals surface area contributed by atoms with Crippen molar-refractivity contribution < 1.29 is 0 Å². The van der Waals surface area contributed by atoms with Gasteiger partial charge < -0.3 is 0 Å². The van der Waals surface area contributed by atoms with Crippen LogP contribution in [0.1, 0.15) is 64.7 Å². The van der Waals surface area contributed by atoms with Gasteiger partial charge in [0.25, 0.3) is 0 Å². The summed E-state index contributed by atoms with van der Waals surface area (Å²) in [7, 11) is 0. The zero-order chi connectivity index (χ0) is 9.07. The van der Waals surface area contributed by atoms with E-state index in [0.29, 0.717) is 0 Å². The summed E-state index contributed by atoms with van der Waals surface area (Å²) in [5, 5.41) is 0. The third kappa shape index (κ3) is 10.8. The van der Waals surface area contributed by atoms with Crippen molar-refractivity contribution in [3.05, 3.63) is 0 Å². The Kier molecular flexibility index (Phi) is 12.6. The zero-order valence-corrected chi connectivity index (χ0v) is 11.9. The molecule has 0 radical (unpaired) electrons. The van der Waals surface area contributed by atoms with Crippen LogP contribution in [-0.4, -0.2) is 23.0 Å². The molecule has 0 aliphatic rings. The standard InChI is InChI=1S/C11H23.Sb.2H/c1-3-5-7-9-11-10-8-6-4-2;;;/h1,3-11H2,2H3;;;. The maximum absolute atomic E-state index is 2.28. The van der Waals surface area contributed by atoms with Gasteiger partial charge in [0, 0.05) is 0 Å². The van der Waals surface area contributed by atoms with Crippen molar-refractivity contribution in [3.8, 4) is 0 Å². The third-order valence-electron chi connectivity index (χ3n) is 2.31. The zero-order valence-electron chi connectivity index (χ0n) is 8.65. The van der Waals surface area contributed by atoms with Crippen LogP contribution in [0.5, 0.6) is 0 Å². The average molecular weight is 279 g/mol. The third-order valence-corrected chi connectivity index (χ3v) is 3.47. The van der Waals surface area contributed by atoms with Crippen LogP contribution < -0.4 is 0 Å². The Balaban J connectivity index is 2.73. The molecule has 0 aliphatic heterocycles. The summed E-state index contributed by atoms with van der Waals surface area (Å²) in [6.07, 6.45) is 13.2. The number of hydrogen-bond acceptors (Lipinski definition) is 0. The van der Waals surface area contributed by atoms with Gasteiger partial charge in [-0.2, -0.15) is 0 Å². The van der Waals surface area contributed by atoms with Crippen LogP contribution >= 0.6 is 0 Å². The summed E-state index contributed by atoms with van der Waals surface area (Å²) in [4.78, 5) is 0. The van der Waals surface area contributed by atoms with Gasteiger partial charge in [0.2, 0.25) is 0 Å². The van der Waals surface area contributed by atoms with Crippen molar-refractivity contribution in [2.45, 2.75) is 69.1 Å². The van der Waals surface area contributed by atoms with E-state index >= 15 is 0 Å². The molecule has 0 spiro atoms. The molecule has 1 heteroatoms. The summed E-state index contributed by atoms with van der Waals surface area (Å²) in [6, 6.07) is 0. The van der Waals surface area contributed by atoms with Crippen LogP contribution in [0.25, 0.3) is 0 Å². The Morgan fingerprint density at radius 2 is 1.08 bits per heavy atom. The summed E-state index contributed by atoms with van der Waals surface area (Å²) in [5.74, 6) is 0. The molecule has 0 aromatic carbocycles. The first-order valence-electron chi connectivity index (χ1n) is 5.62. The Labute approximate surface area is 92.0 Å². The van der Waals surface area contributed by atoms with Crippen LogP contribution in [0.3, 0.4) is 0 Å². The second-order valence-corrected chi connectivity index (χ2v) is 5.26. The van der Waals surface area contributed by atoms with E-state index < -0.39 is 0 Å². The van der Waals surface area contributed by atoms with Gasteiger partial charge >= 0.3 is 92.1 Å². The molecule has 12 heavy (non-hydrogen) atoms. The molecule has 0 saturated heterocycles. The van der Waals surface area contributed by atoms with Gasteiger partial charge in [-0.05, 0) is 0 Å². The minimum absolute atomic E-state index is 1.38. The molecular formula is C11H25Sb. The van der Waals surface area contributed by atoms with Crippen LogP contribution in [0.15, 0.2) is 0 Å². The van der Waals surface area contributed by atoms with E-state index in [9.17, 15) is 0 Å². The van der Waals surface area contributed by atoms with Gasteiger partial charge in [-0.15, -0.1) is 0 Å². The first-order valence-corrected chi connectivity index (χ1v) is 7.95. The van der Waals surface area contributed by atoms with E-state index in [1.54, 1.807) is 0 Å². The second-order valence-electron chi connectivity index (χ2n) is 3.62. The predicted molar refractivity (Wildman–Crippen MR) is 60.6 cm³/mol. The Hall–Kier alpha value is 0.818. The molecule has 0 bridgehead atoms. The minimum atomic E-state index is 1.38. The molecular weight excluding hydrogens is 254 g/mol. The molecule has 0 heterocycles. The van der Waals surface area contributed by atoms with Crippen molar-refractivity contribution in [2.75, 3.05) is 0 Å². The average Bonchev–Trinajstić information content (AvgIpc) is 2.10. The fraction of sp³-hybridized carbons (Fsp3) is 1.00. The monoisotopic (exact) mass is 278 g/mol. The Bertz CT molecular complexity index is 61.4. The van der Waals surface area contributed by atoms with Crippen LogP contribution in [-0.2, 0) is 0 Å². The summed E-state index contributed by atoms with van der Waals surface area (Å²) in [5.41, 5.74) is 0. The van der Waals surface area contributed by atoms with Gasteiger partial charge in [0.15, 0.2) is 0 Å². The number of rotatable bonds is 9. The van der Waals surface area contributed by atoms with Gasteiger partial charge in [0.05, 0.1) is 0 Å². The van der Waals surface area contributed by atoms with E-state index in [0.717, 1.165) is 0 Å². The molecule has 74 valence electrons. The van der Waals surface area contributed by atoms with E-state index in [-0.39, 0.29) is 0 Å². The molecule has 0 fully saturated rings. The van der Waals surface area contributed by atoms with Gasteiger partial charge in [-0.3, -0.25) is 0 Å². The van der Waals surface area contributed by atoms with Gasteiger partial charge in [-0.25, -0.2) is 0 Å². The van der Waals surface area contributed by atoms with Crippen LogP contribution in [0, 0.1) is 0 Å². The summed E-state index contributed by atoms with van der Waals surface area (Å²) < 4.78 is 1.50. The van der Waals surface area contributed by atoms with Crippen molar-refractivity contribution >= 4 is 23.0 Å². The first-order chi connectivity index (χ1) is 5.91. The predicted octanol–water partition coefficient (Wildman–Crippen LogP) is 3.57. The topological polar surface area (TPSA) is 0 Å². The Morgan fingerprint density at radius 1 is 0.667 bits per heavy atom. The molecule has 0 saturated carbocycles. The van der Waals surface area contributed by atoms with Gasteiger partial charge in [-0.1, -0.05) is 0 Å². The van der Waals surface area contributed by atoms with Crippen LogP contribution in [0.2, 0.25) is 4.37 Å². The SMILES string of the molecule is CCCCCCCCCC[CH2][SbH2]. The first kappa shape index (κ1) is 12.8. The normalized spacial score (nSPS) is 10.5. The van der Waals surface area contributed by atoms with Crippen molar-refractivity contribution in [1.29, 1.82) is 0 Å². The van der Waals surface area contributed by atoms with E-state index in [2.05, 4.69) is 6.92 Å². The maximum atomic E-state index is 2.28. The van der Waals surface area contributed by atoms with E-state index in [4.69, 9.17) is 0 Å². The van der Waals surface area contributed by atoms with Crippen molar-refractivity contribution in [3.63, 3.8) is 0 Å². The molecule has 0 amide bonds. The molecule has 0 unspecified atom stereocenters. The molecule has 0 atom stereocenters. The molecule has 0 aromatic heterocycles. The van der Waals surface area contributed by atoms with E-state index in [1.165, 1.54) is 85.2 Å². The van der Waals surface area contributed by atoms with E-state index in [1.807, 2.05) is 0 Å². The molecule has 0 rings (SSSR count). The quantitative estimate of drug-likeness (QED) is 0.447. The molecule has 0 aromatic rings. The summed E-state index contributed by atoms with van der Waals surface area (Å²) >= 11 is 1.47. The van der Waals surface area contributed by atoms with Crippen LogP contribution in [0.4, 0.5) is 0 Å². The fourth-order valence-corrected chi connectivity index (χ4v) is 2.28. The molecule has 0 nitrogen and oxygen atoms in total.